The van der Waals surface area contributed by atoms with Gasteiger partial charge in [-0.3, -0.25) is 0 Å². The SMILES string of the molecule is CCN1CCC[C@@H](Nc2nc3nc(-c4c(C)cc5ccsc5c4O)ccc3o2)C1. The topological polar surface area (TPSA) is 74.4 Å². The summed E-state index contributed by atoms with van der Waals surface area (Å²) in [5, 5.41) is 17.3. The summed E-state index contributed by atoms with van der Waals surface area (Å²) in [6.45, 7) is 7.41. The van der Waals surface area contributed by atoms with Crippen molar-refractivity contribution in [1.29, 1.82) is 0 Å². The number of phenolic OH excluding ortho intramolecular Hbond substituents is 1. The quantitative estimate of drug-likeness (QED) is 0.494. The van der Waals surface area contributed by atoms with E-state index in [2.05, 4.69) is 28.2 Å². The number of phenols is 1. The van der Waals surface area contributed by atoms with E-state index in [0.29, 0.717) is 29.0 Å². The number of aryl methyl sites for hydroxylation is 1. The van der Waals surface area contributed by atoms with Gasteiger partial charge in [0.2, 0.25) is 5.65 Å². The number of anilines is 1. The van der Waals surface area contributed by atoms with Gasteiger partial charge in [0.15, 0.2) is 5.58 Å². The Labute approximate surface area is 173 Å². The number of likely N-dealkylation sites (tertiary alicyclic amines) is 1. The minimum absolute atomic E-state index is 0.283. The van der Waals surface area contributed by atoms with E-state index in [0.717, 1.165) is 47.3 Å². The van der Waals surface area contributed by atoms with Crippen LogP contribution in [0.4, 0.5) is 6.01 Å². The maximum atomic E-state index is 10.8. The molecule has 4 aromatic rings. The molecule has 1 aliphatic rings. The summed E-state index contributed by atoms with van der Waals surface area (Å²) >= 11 is 1.53. The number of oxazole rings is 1. The van der Waals surface area contributed by atoms with Crippen molar-refractivity contribution >= 4 is 38.7 Å². The van der Waals surface area contributed by atoms with Crippen LogP contribution in [0.25, 0.3) is 32.6 Å². The van der Waals surface area contributed by atoms with Crippen LogP contribution >= 0.6 is 11.3 Å². The molecule has 1 aliphatic heterocycles. The van der Waals surface area contributed by atoms with Gasteiger partial charge in [-0.2, -0.15) is 4.98 Å². The second-order valence-corrected chi connectivity index (χ2v) is 8.59. The third kappa shape index (κ3) is 3.34. The van der Waals surface area contributed by atoms with Crippen LogP contribution in [0.15, 0.2) is 34.1 Å². The van der Waals surface area contributed by atoms with Crippen LogP contribution in [0.3, 0.4) is 0 Å². The lowest BCUT2D eigenvalue weighted by atomic mass is 10.0. The first-order chi connectivity index (χ1) is 14.1. The summed E-state index contributed by atoms with van der Waals surface area (Å²) in [5.74, 6) is 0.283. The molecule has 0 bridgehead atoms. The molecule has 0 spiro atoms. The van der Waals surface area contributed by atoms with Gasteiger partial charge < -0.3 is 19.7 Å². The third-order valence-electron chi connectivity index (χ3n) is 5.70. The smallest absolute Gasteiger partial charge is 0.297 e. The maximum absolute atomic E-state index is 10.8. The zero-order valence-corrected chi connectivity index (χ0v) is 17.4. The van der Waals surface area contributed by atoms with Crippen LogP contribution in [-0.2, 0) is 0 Å². The average Bonchev–Trinajstić information content (AvgIpc) is 3.34. The lowest BCUT2D eigenvalue weighted by Gasteiger charge is -2.31. The largest absolute Gasteiger partial charge is 0.506 e. The summed E-state index contributed by atoms with van der Waals surface area (Å²) in [7, 11) is 0. The number of nitrogens with one attached hydrogen (secondary N) is 1. The standard InChI is InChI=1S/C22H24N4O2S/c1-3-26-9-4-5-15(12-26)23-22-25-21-17(28-22)7-6-16(24-21)18-13(2)11-14-8-10-29-20(14)19(18)27/h6-8,10-11,15,27H,3-5,9,12H2,1-2H3,(H,23,24,25)/t15-/m1/s1. The van der Waals surface area contributed by atoms with Gasteiger partial charge in [-0.05, 0) is 73.5 Å². The van der Waals surface area contributed by atoms with E-state index < -0.39 is 0 Å². The van der Waals surface area contributed by atoms with Crippen molar-refractivity contribution in [2.75, 3.05) is 25.0 Å². The molecule has 6 nitrogen and oxygen atoms in total. The fourth-order valence-electron chi connectivity index (χ4n) is 4.21. The number of piperidine rings is 1. The lowest BCUT2D eigenvalue weighted by Crippen LogP contribution is -2.41. The number of aromatic hydroxyl groups is 1. The summed E-state index contributed by atoms with van der Waals surface area (Å²) in [4.78, 5) is 11.7. The van der Waals surface area contributed by atoms with Crippen molar-refractivity contribution in [3.05, 3.63) is 35.2 Å². The molecule has 0 amide bonds. The Balaban J connectivity index is 1.47. The first-order valence-electron chi connectivity index (χ1n) is 10.1. The highest BCUT2D eigenvalue weighted by Gasteiger charge is 2.21. The number of hydrogen-bond donors (Lipinski definition) is 2. The second-order valence-electron chi connectivity index (χ2n) is 7.67. The molecule has 0 saturated carbocycles. The van der Waals surface area contributed by atoms with Crippen molar-refractivity contribution < 1.29 is 9.52 Å². The molecule has 5 rings (SSSR count). The minimum Gasteiger partial charge on any atom is -0.506 e. The monoisotopic (exact) mass is 408 g/mol. The first kappa shape index (κ1) is 18.4. The van der Waals surface area contributed by atoms with Crippen LogP contribution < -0.4 is 5.32 Å². The van der Waals surface area contributed by atoms with Gasteiger partial charge in [-0.25, -0.2) is 4.98 Å². The van der Waals surface area contributed by atoms with Crippen molar-refractivity contribution in [2.45, 2.75) is 32.7 Å². The number of fused-ring (bicyclic) bond motifs is 2. The molecule has 1 aromatic carbocycles. The van der Waals surface area contributed by atoms with Gasteiger partial charge in [-0.1, -0.05) is 6.92 Å². The molecule has 29 heavy (non-hydrogen) atoms. The molecule has 1 saturated heterocycles. The number of benzene rings is 1. The van der Waals surface area contributed by atoms with Gasteiger partial charge in [0.25, 0.3) is 6.01 Å². The fraction of sp³-hybridized carbons (Fsp3) is 0.364. The van der Waals surface area contributed by atoms with Gasteiger partial charge in [0, 0.05) is 18.2 Å². The zero-order chi connectivity index (χ0) is 20.0. The van der Waals surface area contributed by atoms with Crippen molar-refractivity contribution in [1.82, 2.24) is 14.9 Å². The summed E-state index contributed by atoms with van der Waals surface area (Å²) in [6, 6.07) is 8.73. The van der Waals surface area contributed by atoms with E-state index in [-0.39, 0.29) is 5.75 Å². The molecule has 1 atom stereocenters. The Hall–Kier alpha value is -2.64. The van der Waals surface area contributed by atoms with Crippen LogP contribution in [0.2, 0.25) is 0 Å². The Morgan fingerprint density at radius 2 is 2.21 bits per heavy atom. The molecule has 0 unspecified atom stereocenters. The van der Waals surface area contributed by atoms with Gasteiger partial charge in [-0.15, -0.1) is 11.3 Å². The van der Waals surface area contributed by atoms with Gasteiger partial charge >= 0.3 is 0 Å². The Bertz CT molecular complexity index is 1180. The third-order valence-corrected chi connectivity index (χ3v) is 6.64. The van der Waals surface area contributed by atoms with E-state index in [1.165, 1.54) is 17.8 Å². The summed E-state index contributed by atoms with van der Waals surface area (Å²) in [5.41, 5.74) is 3.65. The predicted octanol–water partition coefficient (Wildman–Crippen LogP) is 5.01. The number of aromatic nitrogens is 2. The maximum Gasteiger partial charge on any atom is 0.297 e. The average molecular weight is 409 g/mol. The number of thiophene rings is 1. The fourth-order valence-corrected chi connectivity index (χ4v) is 5.04. The number of pyridine rings is 1. The Kier molecular flexibility index (Phi) is 4.64. The second kappa shape index (κ2) is 7.31. The zero-order valence-electron chi connectivity index (χ0n) is 16.6. The van der Waals surface area contributed by atoms with E-state index in [9.17, 15) is 5.11 Å². The van der Waals surface area contributed by atoms with E-state index >= 15 is 0 Å². The highest BCUT2D eigenvalue weighted by Crippen LogP contribution is 2.41. The molecule has 4 heterocycles. The van der Waals surface area contributed by atoms with Crippen molar-refractivity contribution in [3.8, 4) is 17.0 Å². The minimum atomic E-state index is 0.283. The predicted molar refractivity (Wildman–Crippen MR) is 118 cm³/mol. The van der Waals surface area contributed by atoms with E-state index in [4.69, 9.17) is 9.40 Å². The molecule has 1 fully saturated rings. The number of likely N-dealkylation sites (N-methyl/N-ethyl adjacent to an activating group) is 1. The molecule has 7 heteroatoms. The van der Waals surface area contributed by atoms with Crippen molar-refractivity contribution in [3.63, 3.8) is 0 Å². The summed E-state index contributed by atoms with van der Waals surface area (Å²) in [6.07, 6.45) is 2.29. The molecule has 150 valence electrons. The molecule has 3 aromatic heterocycles. The van der Waals surface area contributed by atoms with Gasteiger partial charge in [0.05, 0.1) is 10.4 Å². The number of nitrogens with zero attached hydrogens (tertiary/aromatic N) is 3. The van der Waals surface area contributed by atoms with Crippen molar-refractivity contribution in [2.24, 2.45) is 0 Å². The number of rotatable bonds is 4. The summed E-state index contributed by atoms with van der Waals surface area (Å²) < 4.78 is 6.77. The van der Waals surface area contributed by atoms with Crippen LogP contribution in [-0.4, -0.2) is 45.7 Å². The Morgan fingerprint density at radius 1 is 1.31 bits per heavy atom. The molecule has 0 aliphatic carbocycles. The number of hydrogen-bond acceptors (Lipinski definition) is 7. The van der Waals surface area contributed by atoms with Crippen LogP contribution in [0.1, 0.15) is 25.3 Å². The molecular weight excluding hydrogens is 384 g/mol. The highest BCUT2D eigenvalue weighted by atomic mass is 32.1. The first-order valence-corrected chi connectivity index (χ1v) is 11.0. The van der Waals surface area contributed by atoms with Crippen LogP contribution in [0, 0.1) is 6.92 Å². The van der Waals surface area contributed by atoms with E-state index in [1.807, 2.05) is 30.5 Å². The van der Waals surface area contributed by atoms with E-state index in [1.54, 1.807) is 0 Å². The molecule has 2 N–H and O–H groups in total. The van der Waals surface area contributed by atoms with Gasteiger partial charge in [0.1, 0.15) is 5.75 Å². The molecular formula is C22H24N4O2S. The highest BCUT2D eigenvalue weighted by molar-refractivity contribution is 7.17. The Morgan fingerprint density at radius 3 is 3.07 bits per heavy atom. The normalized spacial score (nSPS) is 17.9. The lowest BCUT2D eigenvalue weighted by molar-refractivity contribution is 0.225. The molecule has 0 radical (unpaired) electrons. The van der Waals surface area contributed by atoms with Crippen LogP contribution in [0.5, 0.6) is 5.75 Å².